The third kappa shape index (κ3) is 3.54. The van der Waals surface area contributed by atoms with Crippen molar-refractivity contribution >= 4 is 27.5 Å². The molecule has 17 heavy (non-hydrogen) atoms. The van der Waals surface area contributed by atoms with E-state index in [4.69, 9.17) is 5.73 Å². The van der Waals surface area contributed by atoms with Gasteiger partial charge in [0.15, 0.2) is 0 Å². The van der Waals surface area contributed by atoms with E-state index in [0.29, 0.717) is 6.42 Å². The average molecular weight is 297 g/mol. The number of benzene rings is 1. The lowest BCUT2D eigenvalue weighted by Gasteiger charge is -2.22. The lowest BCUT2D eigenvalue weighted by atomic mass is 9.94. The number of nitrogens with two attached hydrogens (primary N) is 1. The monoisotopic (exact) mass is 296 g/mol. The number of carbonyl (C=O) groups excluding carboxylic acids is 1. The zero-order valence-corrected chi connectivity index (χ0v) is 11.3. The summed E-state index contributed by atoms with van der Waals surface area (Å²) >= 11 is 3.37. The van der Waals surface area contributed by atoms with Crippen LogP contribution >= 0.6 is 15.9 Å². The van der Waals surface area contributed by atoms with Gasteiger partial charge in [0.05, 0.1) is 0 Å². The topological polar surface area (TPSA) is 55.1 Å². The number of rotatable bonds is 3. The maximum Gasteiger partial charge on any atom is 0.226 e. The molecule has 1 aromatic rings. The van der Waals surface area contributed by atoms with E-state index in [1.54, 1.807) is 0 Å². The van der Waals surface area contributed by atoms with Gasteiger partial charge in [-0.2, -0.15) is 0 Å². The molecule has 0 atom stereocenters. The lowest BCUT2D eigenvalue weighted by molar-refractivity contribution is -0.117. The summed E-state index contributed by atoms with van der Waals surface area (Å²) in [6.45, 7) is 0. The Morgan fingerprint density at radius 3 is 2.76 bits per heavy atom. The highest BCUT2D eigenvalue weighted by Gasteiger charge is 2.31. The van der Waals surface area contributed by atoms with Crippen LogP contribution in [0.15, 0.2) is 28.7 Å². The second-order valence-electron chi connectivity index (χ2n) is 4.80. The molecule has 1 aromatic carbocycles. The molecule has 0 radical (unpaired) electrons. The van der Waals surface area contributed by atoms with Crippen molar-refractivity contribution in [2.75, 3.05) is 5.32 Å². The molecule has 92 valence electrons. The largest absolute Gasteiger partial charge is 0.326 e. The molecule has 0 bridgehead atoms. The molecular weight excluding hydrogens is 280 g/mol. The molecule has 0 unspecified atom stereocenters. The first-order valence-electron chi connectivity index (χ1n) is 5.92. The number of anilines is 1. The van der Waals surface area contributed by atoms with Gasteiger partial charge < -0.3 is 11.1 Å². The van der Waals surface area contributed by atoms with Crippen LogP contribution in [-0.4, -0.2) is 11.4 Å². The predicted octanol–water partition coefficient (Wildman–Crippen LogP) is 3.05. The lowest BCUT2D eigenvalue weighted by Crippen LogP contribution is -2.40. The normalized spacial score (nSPS) is 18.0. The zero-order valence-electron chi connectivity index (χ0n) is 9.71. The number of hydrogen-bond acceptors (Lipinski definition) is 2. The molecule has 1 aliphatic carbocycles. The Bertz CT molecular complexity index is 414. The third-order valence-electron chi connectivity index (χ3n) is 3.22. The van der Waals surface area contributed by atoms with E-state index in [0.717, 1.165) is 35.8 Å². The number of nitrogens with one attached hydrogen (secondary N) is 1. The minimum absolute atomic E-state index is 0.00694. The summed E-state index contributed by atoms with van der Waals surface area (Å²) in [4.78, 5) is 11.9. The molecule has 1 amide bonds. The SMILES string of the molecule is NC1(CC(=O)Nc2cccc(Br)c2)CCCC1. The maximum absolute atomic E-state index is 11.9. The van der Waals surface area contributed by atoms with E-state index in [1.165, 1.54) is 0 Å². The fraction of sp³-hybridized carbons (Fsp3) is 0.462. The molecular formula is C13H17BrN2O. The van der Waals surface area contributed by atoms with Gasteiger partial charge >= 0.3 is 0 Å². The van der Waals surface area contributed by atoms with Crippen LogP contribution in [-0.2, 0) is 4.79 Å². The summed E-state index contributed by atoms with van der Waals surface area (Å²) in [7, 11) is 0. The van der Waals surface area contributed by atoms with Crippen LogP contribution in [0.3, 0.4) is 0 Å². The Labute approximate surface area is 110 Å². The van der Waals surface area contributed by atoms with E-state index in [9.17, 15) is 4.79 Å². The molecule has 4 heteroatoms. The molecule has 1 fully saturated rings. The quantitative estimate of drug-likeness (QED) is 0.901. The van der Waals surface area contributed by atoms with E-state index < -0.39 is 0 Å². The standard InChI is InChI=1S/C13H17BrN2O/c14-10-4-3-5-11(8-10)16-12(17)9-13(15)6-1-2-7-13/h3-5,8H,1-2,6-7,9,15H2,(H,16,17). The van der Waals surface area contributed by atoms with Gasteiger partial charge in [0.25, 0.3) is 0 Å². The molecule has 2 rings (SSSR count). The molecule has 0 aromatic heterocycles. The van der Waals surface area contributed by atoms with Gasteiger partial charge in [0.2, 0.25) is 5.91 Å². The minimum Gasteiger partial charge on any atom is -0.326 e. The van der Waals surface area contributed by atoms with Crippen molar-refractivity contribution in [2.45, 2.75) is 37.6 Å². The van der Waals surface area contributed by atoms with Gasteiger partial charge in [-0.3, -0.25) is 4.79 Å². The first-order chi connectivity index (χ1) is 8.07. The highest BCUT2D eigenvalue weighted by Crippen LogP contribution is 2.30. The smallest absolute Gasteiger partial charge is 0.226 e. The van der Waals surface area contributed by atoms with Crippen LogP contribution in [0.25, 0.3) is 0 Å². The zero-order chi connectivity index (χ0) is 12.3. The molecule has 0 spiro atoms. The van der Waals surface area contributed by atoms with Gasteiger partial charge in [-0.05, 0) is 31.0 Å². The summed E-state index contributed by atoms with van der Waals surface area (Å²) in [5, 5.41) is 2.89. The van der Waals surface area contributed by atoms with Crippen molar-refractivity contribution in [3.8, 4) is 0 Å². The number of hydrogen-bond donors (Lipinski definition) is 2. The van der Waals surface area contributed by atoms with Crippen LogP contribution in [0.5, 0.6) is 0 Å². The minimum atomic E-state index is -0.282. The van der Waals surface area contributed by atoms with E-state index in [2.05, 4.69) is 21.2 Å². The average Bonchev–Trinajstić information content (AvgIpc) is 2.64. The van der Waals surface area contributed by atoms with Crippen molar-refractivity contribution in [3.63, 3.8) is 0 Å². The number of carbonyl (C=O) groups is 1. The Kier molecular flexibility index (Phi) is 3.84. The van der Waals surface area contributed by atoms with Crippen molar-refractivity contribution in [1.29, 1.82) is 0 Å². The number of amides is 1. The Hall–Kier alpha value is -0.870. The van der Waals surface area contributed by atoms with Gasteiger partial charge in [-0.25, -0.2) is 0 Å². The summed E-state index contributed by atoms with van der Waals surface area (Å²) < 4.78 is 0.957. The van der Waals surface area contributed by atoms with Crippen LogP contribution < -0.4 is 11.1 Å². The number of halogens is 1. The molecule has 1 saturated carbocycles. The summed E-state index contributed by atoms with van der Waals surface area (Å²) in [6.07, 6.45) is 4.61. The summed E-state index contributed by atoms with van der Waals surface area (Å²) in [5.41, 5.74) is 6.70. The highest BCUT2D eigenvalue weighted by atomic mass is 79.9. The fourth-order valence-corrected chi connectivity index (χ4v) is 2.75. The van der Waals surface area contributed by atoms with Crippen LogP contribution in [0.1, 0.15) is 32.1 Å². The van der Waals surface area contributed by atoms with Crippen molar-refractivity contribution < 1.29 is 4.79 Å². The first kappa shape index (κ1) is 12.6. The molecule has 0 saturated heterocycles. The Balaban J connectivity index is 1.93. The molecule has 0 heterocycles. The summed E-state index contributed by atoms with van der Waals surface area (Å²) in [6, 6.07) is 7.58. The van der Waals surface area contributed by atoms with Crippen LogP contribution in [0.4, 0.5) is 5.69 Å². The molecule has 1 aliphatic rings. The predicted molar refractivity (Wildman–Crippen MR) is 72.8 cm³/mol. The van der Waals surface area contributed by atoms with Gasteiger partial charge in [-0.15, -0.1) is 0 Å². The van der Waals surface area contributed by atoms with Crippen molar-refractivity contribution in [1.82, 2.24) is 0 Å². The highest BCUT2D eigenvalue weighted by molar-refractivity contribution is 9.10. The van der Waals surface area contributed by atoms with E-state index in [-0.39, 0.29) is 11.4 Å². The van der Waals surface area contributed by atoms with Crippen LogP contribution in [0, 0.1) is 0 Å². The van der Waals surface area contributed by atoms with Crippen LogP contribution in [0.2, 0.25) is 0 Å². The second-order valence-corrected chi connectivity index (χ2v) is 5.72. The van der Waals surface area contributed by atoms with Crippen molar-refractivity contribution in [2.24, 2.45) is 5.73 Å². The van der Waals surface area contributed by atoms with Gasteiger partial charge in [-0.1, -0.05) is 34.8 Å². The fourth-order valence-electron chi connectivity index (χ4n) is 2.35. The first-order valence-corrected chi connectivity index (χ1v) is 6.71. The molecule has 3 N–H and O–H groups in total. The maximum atomic E-state index is 11.9. The molecule has 0 aliphatic heterocycles. The van der Waals surface area contributed by atoms with Gasteiger partial charge in [0, 0.05) is 22.1 Å². The second kappa shape index (κ2) is 5.19. The third-order valence-corrected chi connectivity index (χ3v) is 3.71. The summed E-state index contributed by atoms with van der Waals surface area (Å²) in [5.74, 6) is 0.00694. The Morgan fingerprint density at radius 2 is 2.12 bits per heavy atom. The van der Waals surface area contributed by atoms with E-state index >= 15 is 0 Å². The van der Waals surface area contributed by atoms with E-state index in [1.807, 2.05) is 24.3 Å². The van der Waals surface area contributed by atoms with Crippen molar-refractivity contribution in [3.05, 3.63) is 28.7 Å². The Morgan fingerprint density at radius 1 is 1.41 bits per heavy atom. The molecule has 3 nitrogen and oxygen atoms in total. The van der Waals surface area contributed by atoms with Gasteiger partial charge in [0.1, 0.15) is 0 Å².